The number of benzene rings is 1. The molecule has 22 heavy (non-hydrogen) atoms. The van der Waals surface area contributed by atoms with Gasteiger partial charge in [0.15, 0.2) is 5.82 Å². The second kappa shape index (κ2) is 7.01. The van der Waals surface area contributed by atoms with E-state index in [1.807, 2.05) is 20.8 Å². The Morgan fingerprint density at radius 2 is 1.91 bits per heavy atom. The van der Waals surface area contributed by atoms with Gasteiger partial charge in [-0.3, -0.25) is 4.79 Å². The van der Waals surface area contributed by atoms with Gasteiger partial charge in [-0.15, -0.1) is 0 Å². The highest BCUT2D eigenvalue weighted by Crippen LogP contribution is 2.14. The maximum Gasteiger partial charge on any atom is 0.254 e. The quantitative estimate of drug-likeness (QED) is 0.834. The van der Waals surface area contributed by atoms with Crippen LogP contribution in [0.4, 0.5) is 4.39 Å². The lowest BCUT2D eigenvalue weighted by molar-refractivity contribution is 0.0936. The molecule has 3 nitrogen and oxygen atoms in total. The minimum atomic E-state index is -0.626. The number of rotatable bonds is 4. The normalized spacial score (nSPS) is 12.0. The van der Waals surface area contributed by atoms with Crippen LogP contribution in [0.3, 0.4) is 0 Å². The van der Waals surface area contributed by atoms with E-state index in [1.165, 1.54) is 17.2 Å². The standard InChI is InChI=1S/C17H18BrFN2O/c1-10-4-11(2)6-13(5-10)7-12(3)21-17(22)14-8-16(18)20-9-15(14)19/h4-6,8-9,12H,7H2,1-3H3,(H,21,22). The van der Waals surface area contributed by atoms with Gasteiger partial charge in [0.2, 0.25) is 0 Å². The zero-order valence-electron chi connectivity index (χ0n) is 12.8. The van der Waals surface area contributed by atoms with E-state index in [9.17, 15) is 9.18 Å². The van der Waals surface area contributed by atoms with E-state index in [4.69, 9.17) is 0 Å². The number of halogens is 2. The minimum Gasteiger partial charge on any atom is -0.349 e. The third-order valence-electron chi connectivity index (χ3n) is 3.27. The number of hydrogen-bond acceptors (Lipinski definition) is 2. The first-order chi connectivity index (χ1) is 10.3. The summed E-state index contributed by atoms with van der Waals surface area (Å²) >= 11 is 3.14. The van der Waals surface area contributed by atoms with Gasteiger partial charge in [-0.2, -0.15) is 0 Å². The molecule has 0 fully saturated rings. The topological polar surface area (TPSA) is 42.0 Å². The number of nitrogens with one attached hydrogen (secondary N) is 1. The Morgan fingerprint density at radius 3 is 2.55 bits per heavy atom. The number of carbonyl (C=O) groups excluding carboxylic acids is 1. The predicted octanol–water partition coefficient (Wildman–Crippen LogP) is 3.96. The Morgan fingerprint density at radius 1 is 1.27 bits per heavy atom. The van der Waals surface area contributed by atoms with Crippen LogP contribution in [0.2, 0.25) is 0 Å². The summed E-state index contributed by atoms with van der Waals surface area (Å²) in [4.78, 5) is 15.9. The van der Waals surface area contributed by atoms with Gasteiger partial charge >= 0.3 is 0 Å². The van der Waals surface area contributed by atoms with Gasteiger partial charge in [-0.05, 0) is 54.8 Å². The van der Waals surface area contributed by atoms with Crippen LogP contribution in [-0.4, -0.2) is 16.9 Å². The molecule has 2 aromatic rings. The summed E-state index contributed by atoms with van der Waals surface area (Å²) in [5, 5.41) is 2.82. The van der Waals surface area contributed by atoms with Crippen molar-refractivity contribution in [2.75, 3.05) is 0 Å². The average molecular weight is 365 g/mol. The van der Waals surface area contributed by atoms with Crippen molar-refractivity contribution in [2.45, 2.75) is 33.2 Å². The number of pyridine rings is 1. The van der Waals surface area contributed by atoms with Crippen molar-refractivity contribution in [3.05, 3.63) is 63.1 Å². The molecule has 0 aliphatic rings. The summed E-state index contributed by atoms with van der Waals surface area (Å²) in [6.45, 7) is 6.00. The van der Waals surface area contributed by atoms with Gasteiger partial charge in [0.25, 0.3) is 5.91 Å². The fourth-order valence-electron chi connectivity index (χ4n) is 2.48. The Labute approximate surface area is 138 Å². The second-order valence-corrected chi connectivity index (χ2v) is 6.37. The summed E-state index contributed by atoms with van der Waals surface area (Å²) in [5.41, 5.74) is 3.53. The van der Waals surface area contributed by atoms with Crippen LogP contribution in [0.1, 0.15) is 34.0 Å². The predicted molar refractivity (Wildman–Crippen MR) is 88.4 cm³/mol. The Hall–Kier alpha value is -1.75. The van der Waals surface area contributed by atoms with Gasteiger partial charge < -0.3 is 5.32 Å². The van der Waals surface area contributed by atoms with E-state index in [-0.39, 0.29) is 11.6 Å². The van der Waals surface area contributed by atoms with Crippen LogP contribution in [0.15, 0.2) is 35.1 Å². The molecule has 1 atom stereocenters. The highest BCUT2D eigenvalue weighted by atomic mass is 79.9. The maximum atomic E-state index is 13.7. The van der Waals surface area contributed by atoms with E-state index >= 15 is 0 Å². The fourth-order valence-corrected chi connectivity index (χ4v) is 2.81. The number of nitrogens with zero attached hydrogens (tertiary/aromatic N) is 1. The lowest BCUT2D eigenvalue weighted by atomic mass is 10.0. The van der Waals surface area contributed by atoms with E-state index in [0.717, 1.165) is 11.8 Å². The first-order valence-electron chi connectivity index (χ1n) is 7.04. The molecule has 0 bridgehead atoms. The molecule has 1 heterocycles. The van der Waals surface area contributed by atoms with Crippen molar-refractivity contribution >= 4 is 21.8 Å². The molecule has 5 heteroatoms. The van der Waals surface area contributed by atoms with Gasteiger partial charge in [-0.25, -0.2) is 9.37 Å². The fraction of sp³-hybridized carbons (Fsp3) is 0.294. The van der Waals surface area contributed by atoms with Crippen LogP contribution in [-0.2, 0) is 6.42 Å². The van der Waals surface area contributed by atoms with Crippen molar-refractivity contribution in [3.8, 4) is 0 Å². The van der Waals surface area contributed by atoms with Crippen molar-refractivity contribution < 1.29 is 9.18 Å². The smallest absolute Gasteiger partial charge is 0.254 e. The summed E-state index contributed by atoms with van der Waals surface area (Å²) in [7, 11) is 0. The Balaban J connectivity index is 2.06. The lowest BCUT2D eigenvalue weighted by Gasteiger charge is -2.15. The molecule has 1 amide bonds. The van der Waals surface area contributed by atoms with Crippen molar-refractivity contribution in [1.82, 2.24) is 10.3 Å². The van der Waals surface area contributed by atoms with E-state index in [1.54, 1.807) is 0 Å². The highest BCUT2D eigenvalue weighted by molar-refractivity contribution is 9.10. The monoisotopic (exact) mass is 364 g/mol. The molecule has 2 rings (SSSR count). The molecule has 0 saturated heterocycles. The second-order valence-electron chi connectivity index (χ2n) is 5.56. The van der Waals surface area contributed by atoms with E-state index in [2.05, 4.69) is 44.4 Å². The summed E-state index contributed by atoms with van der Waals surface area (Å²) in [6.07, 6.45) is 1.73. The molecule has 1 aromatic heterocycles. The molecule has 0 aliphatic carbocycles. The van der Waals surface area contributed by atoms with Crippen molar-refractivity contribution in [2.24, 2.45) is 0 Å². The third-order valence-corrected chi connectivity index (χ3v) is 3.70. The number of aryl methyl sites for hydroxylation is 2. The molecule has 0 saturated carbocycles. The highest BCUT2D eigenvalue weighted by Gasteiger charge is 2.15. The van der Waals surface area contributed by atoms with Crippen LogP contribution >= 0.6 is 15.9 Å². The number of hydrogen-bond donors (Lipinski definition) is 1. The third kappa shape index (κ3) is 4.37. The van der Waals surface area contributed by atoms with E-state index in [0.29, 0.717) is 11.0 Å². The molecule has 0 aliphatic heterocycles. The first-order valence-corrected chi connectivity index (χ1v) is 7.83. The summed E-state index contributed by atoms with van der Waals surface area (Å²) < 4.78 is 14.1. The first kappa shape index (κ1) is 16.6. The molecule has 1 aromatic carbocycles. The number of aromatic nitrogens is 1. The lowest BCUT2D eigenvalue weighted by Crippen LogP contribution is -2.34. The summed E-state index contributed by atoms with van der Waals surface area (Å²) in [5.74, 6) is -1.06. The minimum absolute atomic E-state index is 0.00542. The van der Waals surface area contributed by atoms with E-state index < -0.39 is 11.7 Å². The largest absolute Gasteiger partial charge is 0.349 e. The van der Waals surface area contributed by atoms with Gasteiger partial charge in [0.05, 0.1) is 11.8 Å². The van der Waals surface area contributed by atoms with Gasteiger partial charge in [0, 0.05) is 6.04 Å². The molecular formula is C17H18BrFN2O. The van der Waals surface area contributed by atoms with Gasteiger partial charge in [-0.1, -0.05) is 29.3 Å². The van der Waals surface area contributed by atoms with Crippen LogP contribution in [0.5, 0.6) is 0 Å². The zero-order valence-corrected chi connectivity index (χ0v) is 14.4. The number of carbonyl (C=O) groups is 1. The van der Waals surface area contributed by atoms with Crippen molar-refractivity contribution in [1.29, 1.82) is 0 Å². The molecule has 0 spiro atoms. The van der Waals surface area contributed by atoms with Crippen molar-refractivity contribution in [3.63, 3.8) is 0 Å². The molecular weight excluding hydrogens is 347 g/mol. The SMILES string of the molecule is Cc1cc(C)cc(CC(C)NC(=O)c2cc(Br)ncc2F)c1. The zero-order chi connectivity index (χ0) is 16.3. The Bertz CT molecular complexity index is 683. The molecule has 0 radical (unpaired) electrons. The Kier molecular flexibility index (Phi) is 5.29. The van der Waals surface area contributed by atoms with Crippen LogP contribution in [0.25, 0.3) is 0 Å². The van der Waals surface area contributed by atoms with Crippen LogP contribution in [0, 0.1) is 19.7 Å². The molecule has 116 valence electrons. The number of amides is 1. The summed E-state index contributed by atoms with van der Waals surface area (Å²) in [6, 6.07) is 7.59. The molecule has 1 N–H and O–H groups in total. The van der Waals surface area contributed by atoms with Crippen LogP contribution < -0.4 is 5.32 Å². The molecule has 1 unspecified atom stereocenters. The average Bonchev–Trinajstić information content (AvgIpc) is 2.39. The maximum absolute atomic E-state index is 13.7. The van der Waals surface area contributed by atoms with Gasteiger partial charge in [0.1, 0.15) is 4.60 Å².